The fourth-order valence-electron chi connectivity index (χ4n) is 0.680. The van der Waals surface area contributed by atoms with Gasteiger partial charge in [-0.15, -0.1) is 12.8 Å². The molecule has 0 nitrogen and oxygen atoms in total. The van der Waals surface area contributed by atoms with Gasteiger partial charge in [0.2, 0.25) is 0 Å². The Balaban J connectivity index is -0.000000125. The van der Waals surface area contributed by atoms with Crippen LogP contribution in [0.5, 0.6) is 0 Å². The molecule has 0 atom stereocenters. The van der Waals surface area contributed by atoms with Crippen molar-refractivity contribution in [3.05, 3.63) is 48.6 Å². The molecule has 0 radical (unpaired) electrons. The minimum absolute atomic E-state index is 0. The molecule has 0 N–H and O–H groups in total. The van der Waals surface area contributed by atoms with E-state index in [-0.39, 0.29) is 24.6 Å². The molecule has 0 aromatic rings. The van der Waals surface area contributed by atoms with E-state index in [0.717, 1.165) is 12.8 Å². The number of rotatable bonds is 0. The fraction of sp³-hybridized carbons (Fsp3) is 0.200. The standard InChI is InChI=1S/2C5H5.Ti.2H/c2*1-2-4-5-3-1;;;/h2*1-3H,4H2;;;/q2*-1;+2;2*-1. The molecule has 0 heterocycles. The second-order valence-corrected chi connectivity index (χ2v) is 2.01. The number of allylic oxidation sites excluding steroid dienone is 8. The summed E-state index contributed by atoms with van der Waals surface area (Å²) < 4.78 is 0. The van der Waals surface area contributed by atoms with Crippen molar-refractivity contribution in [3.63, 3.8) is 0 Å². The molecule has 0 aromatic heterocycles. The maximum atomic E-state index is 2.99. The van der Waals surface area contributed by atoms with Crippen LogP contribution >= 0.6 is 0 Å². The van der Waals surface area contributed by atoms with Crippen LogP contribution < -0.4 is 0 Å². The molecule has 0 saturated carbocycles. The van der Waals surface area contributed by atoms with E-state index in [1.807, 2.05) is 24.3 Å². The van der Waals surface area contributed by atoms with Gasteiger partial charge in [-0.25, -0.2) is 24.3 Å². The summed E-state index contributed by atoms with van der Waals surface area (Å²) in [6.07, 6.45) is 20.0. The Hall–Kier alpha value is -0.326. The minimum Gasteiger partial charge on any atom is -1.00 e. The zero-order valence-electron chi connectivity index (χ0n) is 8.38. The summed E-state index contributed by atoms with van der Waals surface area (Å²) in [7, 11) is 0. The summed E-state index contributed by atoms with van der Waals surface area (Å²) in [6.45, 7) is 0. The molecule has 0 fully saturated rings. The molecular weight excluding hydrogens is 168 g/mol. The van der Waals surface area contributed by atoms with E-state index in [1.54, 1.807) is 0 Å². The second-order valence-electron chi connectivity index (χ2n) is 2.01. The van der Waals surface area contributed by atoms with Gasteiger partial charge in [0, 0.05) is 0 Å². The van der Waals surface area contributed by atoms with Crippen molar-refractivity contribution >= 4 is 0 Å². The molecule has 0 spiro atoms. The summed E-state index contributed by atoms with van der Waals surface area (Å²) in [5.41, 5.74) is 0. The average molecular weight is 180 g/mol. The molecule has 0 aromatic carbocycles. The van der Waals surface area contributed by atoms with E-state index in [9.17, 15) is 0 Å². The van der Waals surface area contributed by atoms with E-state index in [2.05, 4.69) is 24.3 Å². The predicted octanol–water partition coefficient (Wildman–Crippen LogP) is 2.83. The fourth-order valence-corrected chi connectivity index (χ4v) is 0.680. The first-order valence-corrected chi connectivity index (χ1v) is 3.43. The number of hydrogen-bond acceptors (Lipinski definition) is 0. The largest absolute Gasteiger partial charge is 2.00 e. The SMILES string of the molecule is [C-]1=CC=CC1.[C-]1=CC=CC1.[H-].[H-].[Ti+2]. The zero-order chi connectivity index (χ0) is 7.07. The Morgan fingerprint density at radius 3 is 1.45 bits per heavy atom. The van der Waals surface area contributed by atoms with Crippen molar-refractivity contribution in [3.8, 4) is 0 Å². The minimum atomic E-state index is 0. The van der Waals surface area contributed by atoms with E-state index < -0.39 is 0 Å². The summed E-state index contributed by atoms with van der Waals surface area (Å²) in [4.78, 5) is 0. The van der Waals surface area contributed by atoms with Gasteiger partial charge in [0.05, 0.1) is 0 Å². The van der Waals surface area contributed by atoms with Crippen LogP contribution in [-0.4, -0.2) is 0 Å². The normalized spacial score (nSPS) is 16.0. The van der Waals surface area contributed by atoms with Gasteiger partial charge in [0.25, 0.3) is 0 Å². The van der Waals surface area contributed by atoms with Gasteiger partial charge >= 0.3 is 21.7 Å². The van der Waals surface area contributed by atoms with Gasteiger partial charge < -0.3 is 2.85 Å². The van der Waals surface area contributed by atoms with Crippen molar-refractivity contribution in [1.29, 1.82) is 0 Å². The molecular formula is C10H12Ti-2. The maximum Gasteiger partial charge on any atom is 2.00 e. The van der Waals surface area contributed by atoms with Crippen LogP contribution in [-0.2, 0) is 21.7 Å². The van der Waals surface area contributed by atoms with Crippen LogP contribution in [0.4, 0.5) is 0 Å². The van der Waals surface area contributed by atoms with Gasteiger partial charge in [-0.3, -0.25) is 12.2 Å². The zero-order valence-corrected chi connectivity index (χ0v) is 7.94. The van der Waals surface area contributed by atoms with Gasteiger partial charge in [0.15, 0.2) is 0 Å². The van der Waals surface area contributed by atoms with Crippen molar-refractivity contribution in [1.82, 2.24) is 0 Å². The Morgan fingerprint density at radius 1 is 0.909 bits per heavy atom. The molecule has 0 saturated heterocycles. The van der Waals surface area contributed by atoms with Crippen LogP contribution in [0.2, 0.25) is 0 Å². The van der Waals surface area contributed by atoms with Gasteiger partial charge in [-0.1, -0.05) is 0 Å². The molecule has 2 aliphatic rings. The Labute approximate surface area is 86.2 Å². The quantitative estimate of drug-likeness (QED) is 0.397. The first-order chi connectivity index (χ1) is 5.00. The molecule has 2 aliphatic carbocycles. The van der Waals surface area contributed by atoms with Gasteiger partial charge in [-0.05, 0) is 0 Å². The first kappa shape index (κ1) is 10.7. The molecule has 11 heavy (non-hydrogen) atoms. The van der Waals surface area contributed by atoms with Gasteiger partial charge in [0.1, 0.15) is 0 Å². The number of hydrogen-bond donors (Lipinski definition) is 0. The molecule has 0 bridgehead atoms. The summed E-state index contributed by atoms with van der Waals surface area (Å²) in [6, 6.07) is 0. The third kappa shape index (κ3) is 6.09. The summed E-state index contributed by atoms with van der Waals surface area (Å²) >= 11 is 0. The van der Waals surface area contributed by atoms with E-state index in [4.69, 9.17) is 0 Å². The van der Waals surface area contributed by atoms with E-state index in [1.165, 1.54) is 0 Å². The maximum absolute atomic E-state index is 2.99. The second kappa shape index (κ2) is 7.78. The van der Waals surface area contributed by atoms with Gasteiger partial charge in [-0.2, -0.15) is 12.2 Å². The Morgan fingerprint density at radius 2 is 1.36 bits per heavy atom. The van der Waals surface area contributed by atoms with Crippen LogP contribution in [0, 0.1) is 12.2 Å². The molecule has 0 aliphatic heterocycles. The van der Waals surface area contributed by atoms with Crippen molar-refractivity contribution in [2.45, 2.75) is 12.8 Å². The Bertz CT molecular complexity index is 151. The topological polar surface area (TPSA) is 0 Å². The van der Waals surface area contributed by atoms with Crippen LogP contribution in [0.15, 0.2) is 36.5 Å². The van der Waals surface area contributed by atoms with E-state index in [0.29, 0.717) is 0 Å². The summed E-state index contributed by atoms with van der Waals surface area (Å²) in [5.74, 6) is 0. The van der Waals surface area contributed by atoms with Crippen LogP contribution in [0.3, 0.4) is 0 Å². The smallest absolute Gasteiger partial charge is 1.00 e. The van der Waals surface area contributed by atoms with Crippen molar-refractivity contribution in [2.75, 3.05) is 0 Å². The molecule has 1 heteroatoms. The third-order valence-corrected chi connectivity index (χ3v) is 1.17. The van der Waals surface area contributed by atoms with Crippen molar-refractivity contribution < 1.29 is 24.6 Å². The monoisotopic (exact) mass is 180 g/mol. The molecule has 2 rings (SSSR count). The molecule has 0 amide bonds. The van der Waals surface area contributed by atoms with Crippen molar-refractivity contribution in [2.24, 2.45) is 0 Å². The third-order valence-electron chi connectivity index (χ3n) is 1.17. The van der Waals surface area contributed by atoms with E-state index >= 15 is 0 Å². The molecule has 0 unspecified atom stereocenters. The average Bonchev–Trinajstić information content (AvgIpc) is 2.67. The Kier molecular flexibility index (Phi) is 7.55. The first-order valence-electron chi connectivity index (χ1n) is 3.43. The van der Waals surface area contributed by atoms with Crippen LogP contribution in [0.25, 0.3) is 0 Å². The van der Waals surface area contributed by atoms with Crippen LogP contribution in [0.1, 0.15) is 15.7 Å². The molecule has 58 valence electrons. The predicted molar refractivity (Wildman–Crippen MR) is 45.4 cm³/mol. The summed E-state index contributed by atoms with van der Waals surface area (Å²) in [5, 5.41) is 0.